The summed E-state index contributed by atoms with van der Waals surface area (Å²) in [4.78, 5) is 29.0. The lowest BCUT2D eigenvalue weighted by Gasteiger charge is -2.20. The summed E-state index contributed by atoms with van der Waals surface area (Å²) in [6, 6.07) is 8.91. The molecule has 1 amide bonds. The van der Waals surface area contributed by atoms with Gasteiger partial charge in [-0.3, -0.25) is 14.3 Å². The Kier molecular flexibility index (Phi) is 5.11. The smallest absolute Gasteiger partial charge is 0.273 e. The van der Waals surface area contributed by atoms with Crippen molar-refractivity contribution < 1.29 is 4.79 Å². The van der Waals surface area contributed by atoms with Gasteiger partial charge in [0, 0.05) is 23.7 Å². The van der Waals surface area contributed by atoms with Crippen LogP contribution in [-0.2, 0) is 4.79 Å². The van der Waals surface area contributed by atoms with Crippen molar-refractivity contribution in [1.82, 2.24) is 19.5 Å². The van der Waals surface area contributed by atoms with E-state index in [1.165, 1.54) is 6.07 Å². The molecular formula is C20H26N4O2. The highest BCUT2D eigenvalue weighted by Crippen LogP contribution is 2.26. The Hall–Kier alpha value is -2.63. The lowest BCUT2D eigenvalue weighted by Crippen LogP contribution is -2.35. The van der Waals surface area contributed by atoms with E-state index >= 15 is 0 Å². The van der Waals surface area contributed by atoms with Crippen LogP contribution >= 0.6 is 0 Å². The lowest BCUT2D eigenvalue weighted by molar-refractivity contribution is -0.124. The van der Waals surface area contributed by atoms with Gasteiger partial charge in [0.2, 0.25) is 5.91 Å². The van der Waals surface area contributed by atoms with Crippen molar-refractivity contribution in [2.45, 2.75) is 46.6 Å². The molecule has 2 aromatic heterocycles. The molecule has 1 unspecified atom stereocenters. The molecule has 0 spiro atoms. The molecule has 1 N–H and O–H groups in total. The maximum absolute atomic E-state index is 12.9. The van der Waals surface area contributed by atoms with Gasteiger partial charge in [0.25, 0.3) is 5.56 Å². The highest BCUT2D eigenvalue weighted by Gasteiger charge is 2.24. The van der Waals surface area contributed by atoms with E-state index in [2.05, 4.69) is 24.1 Å². The highest BCUT2D eigenvalue weighted by molar-refractivity contribution is 5.94. The Morgan fingerprint density at radius 2 is 2.00 bits per heavy atom. The molecule has 0 aliphatic carbocycles. The topological polar surface area (TPSA) is 68.4 Å². The van der Waals surface area contributed by atoms with Gasteiger partial charge in [0.15, 0.2) is 5.65 Å². The van der Waals surface area contributed by atoms with E-state index < -0.39 is 0 Å². The van der Waals surface area contributed by atoms with Crippen molar-refractivity contribution in [2.24, 2.45) is 5.92 Å². The number of para-hydroxylation sites is 1. The minimum atomic E-state index is -0.368. The molecule has 6 nitrogen and oxygen atoms in total. The molecule has 2 heterocycles. The van der Waals surface area contributed by atoms with Gasteiger partial charge in [0.1, 0.15) is 6.04 Å². The van der Waals surface area contributed by atoms with Crippen molar-refractivity contribution >= 4 is 22.5 Å². The third kappa shape index (κ3) is 3.23. The number of aryl methyl sites for hydroxylation is 1. The predicted octanol–water partition coefficient (Wildman–Crippen LogP) is 3.07. The average Bonchev–Trinajstić information content (AvgIpc) is 2.90. The van der Waals surface area contributed by atoms with Crippen LogP contribution < -0.4 is 10.9 Å². The van der Waals surface area contributed by atoms with Crippen LogP contribution in [0.15, 0.2) is 35.1 Å². The van der Waals surface area contributed by atoms with Gasteiger partial charge >= 0.3 is 0 Å². The molecule has 1 aromatic carbocycles. The fourth-order valence-corrected chi connectivity index (χ4v) is 3.39. The molecule has 26 heavy (non-hydrogen) atoms. The molecular weight excluding hydrogens is 328 g/mol. The highest BCUT2D eigenvalue weighted by atomic mass is 16.2. The largest absolute Gasteiger partial charge is 0.354 e. The number of nitrogens with one attached hydrogen (secondary N) is 1. The van der Waals surface area contributed by atoms with E-state index in [4.69, 9.17) is 0 Å². The molecule has 1 atom stereocenters. The molecule has 3 aromatic rings. The first-order valence-corrected chi connectivity index (χ1v) is 9.21. The van der Waals surface area contributed by atoms with Crippen LogP contribution in [0.25, 0.3) is 16.6 Å². The minimum Gasteiger partial charge on any atom is -0.354 e. The molecule has 0 fully saturated rings. The summed E-state index contributed by atoms with van der Waals surface area (Å²) in [5.41, 5.74) is 2.00. The van der Waals surface area contributed by atoms with Crippen molar-refractivity contribution in [1.29, 1.82) is 0 Å². The number of hydrogen-bond donors (Lipinski definition) is 1. The number of hydrogen-bond acceptors (Lipinski definition) is 3. The Labute approximate surface area is 152 Å². The molecule has 0 saturated carbocycles. The number of amides is 1. The van der Waals surface area contributed by atoms with E-state index in [9.17, 15) is 9.59 Å². The maximum atomic E-state index is 12.9. The monoisotopic (exact) mass is 354 g/mol. The van der Waals surface area contributed by atoms with Gasteiger partial charge in [0.05, 0.1) is 5.52 Å². The fourth-order valence-electron chi connectivity index (χ4n) is 3.39. The van der Waals surface area contributed by atoms with Crippen molar-refractivity contribution in [2.75, 3.05) is 6.54 Å². The number of carbonyl (C=O) groups is 1. The summed E-state index contributed by atoms with van der Waals surface area (Å²) in [6.45, 7) is 8.81. The van der Waals surface area contributed by atoms with Crippen LogP contribution in [0.4, 0.5) is 0 Å². The first kappa shape index (κ1) is 18.2. The molecule has 0 aliphatic heterocycles. The van der Waals surface area contributed by atoms with Gasteiger partial charge in [-0.25, -0.2) is 4.52 Å². The predicted molar refractivity (Wildman–Crippen MR) is 103 cm³/mol. The molecule has 0 aliphatic rings. The number of rotatable bonds is 6. The Balaban J connectivity index is 2.15. The Morgan fingerprint density at radius 3 is 2.69 bits per heavy atom. The zero-order valence-corrected chi connectivity index (χ0v) is 15.8. The van der Waals surface area contributed by atoms with E-state index in [0.29, 0.717) is 24.5 Å². The number of nitrogens with zero attached hydrogens (tertiary/aromatic N) is 3. The zero-order chi connectivity index (χ0) is 18.8. The quantitative estimate of drug-likeness (QED) is 0.740. The summed E-state index contributed by atoms with van der Waals surface area (Å²) >= 11 is 0. The molecule has 6 heteroatoms. The summed E-state index contributed by atoms with van der Waals surface area (Å²) < 4.78 is 3.86. The molecule has 0 radical (unpaired) electrons. The second-order valence-electron chi connectivity index (χ2n) is 7.13. The van der Waals surface area contributed by atoms with Crippen LogP contribution in [-0.4, -0.2) is 26.6 Å². The number of aromatic nitrogens is 3. The zero-order valence-electron chi connectivity index (χ0n) is 15.8. The summed E-state index contributed by atoms with van der Waals surface area (Å²) in [5.74, 6) is 0.536. The van der Waals surface area contributed by atoms with Gasteiger partial charge in [-0.15, -0.1) is 0 Å². The first-order valence-electron chi connectivity index (χ1n) is 9.21. The van der Waals surface area contributed by atoms with Gasteiger partial charge in [-0.2, -0.15) is 4.98 Å². The van der Waals surface area contributed by atoms with E-state index in [1.807, 2.05) is 47.3 Å². The molecule has 3 rings (SSSR count). The summed E-state index contributed by atoms with van der Waals surface area (Å²) in [7, 11) is 0. The van der Waals surface area contributed by atoms with Gasteiger partial charge < -0.3 is 5.32 Å². The Bertz CT molecular complexity index is 1000. The minimum absolute atomic E-state index is 0.00565. The van der Waals surface area contributed by atoms with Crippen LogP contribution in [0.5, 0.6) is 0 Å². The maximum Gasteiger partial charge on any atom is 0.273 e. The normalized spacial score (nSPS) is 12.8. The third-order valence-electron chi connectivity index (χ3n) is 4.70. The molecule has 0 bridgehead atoms. The SMILES string of the molecule is CCC(C(=O)NCCC(C)C)n1c2ccccc2c2nc(=O)cc(C)n21. The second-order valence-corrected chi connectivity index (χ2v) is 7.13. The average molecular weight is 354 g/mol. The standard InChI is InChI=1S/C20H26N4O2/c1-5-16(20(26)21-11-10-13(2)3)24-17-9-7-6-8-15(17)19-22-18(25)12-14(4)23(19)24/h6-9,12-13,16H,5,10-11H2,1-4H3,(H,21,26). The van der Waals surface area contributed by atoms with Crippen LogP contribution in [0.3, 0.4) is 0 Å². The van der Waals surface area contributed by atoms with E-state index in [0.717, 1.165) is 23.0 Å². The van der Waals surface area contributed by atoms with Gasteiger partial charge in [-0.05, 0) is 37.8 Å². The third-order valence-corrected chi connectivity index (χ3v) is 4.70. The van der Waals surface area contributed by atoms with E-state index in [1.54, 1.807) is 0 Å². The van der Waals surface area contributed by atoms with E-state index in [-0.39, 0.29) is 17.5 Å². The summed E-state index contributed by atoms with van der Waals surface area (Å²) in [6.07, 6.45) is 1.59. The summed E-state index contributed by atoms with van der Waals surface area (Å²) in [5, 5.41) is 3.93. The van der Waals surface area contributed by atoms with Crippen LogP contribution in [0.1, 0.15) is 45.3 Å². The first-order chi connectivity index (χ1) is 12.4. The molecule has 138 valence electrons. The fraction of sp³-hybridized carbons (Fsp3) is 0.450. The number of fused-ring (bicyclic) bond motifs is 3. The van der Waals surface area contributed by atoms with Crippen LogP contribution in [0.2, 0.25) is 0 Å². The molecule has 0 saturated heterocycles. The lowest BCUT2D eigenvalue weighted by atomic mass is 10.1. The van der Waals surface area contributed by atoms with Gasteiger partial charge in [-0.1, -0.05) is 32.9 Å². The van der Waals surface area contributed by atoms with Crippen LogP contribution in [0, 0.1) is 12.8 Å². The number of carbonyl (C=O) groups excluding carboxylic acids is 1. The number of benzene rings is 1. The van der Waals surface area contributed by atoms with Crippen molar-refractivity contribution in [3.63, 3.8) is 0 Å². The van der Waals surface area contributed by atoms with Crippen molar-refractivity contribution in [3.05, 3.63) is 46.4 Å². The second kappa shape index (κ2) is 7.32. The van der Waals surface area contributed by atoms with Crippen molar-refractivity contribution in [3.8, 4) is 0 Å². The Morgan fingerprint density at radius 1 is 1.27 bits per heavy atom.